The number of halogens is 3. The van der Waals surface area contributed by atoms with E-state index in [0.717, 1.165) is 0 Å². The predicted molar refractivity (Wildman–Crippen MR) is 59.3 cm³/mol. The Balaban J connectivity index is 2.35. The molecule has 1 atom stereocenters. The number of hydrogen-bond acceptors (Lipinski definition) is 2. The molecule has 1 unspecified atom stereocenters. The van der Waals surface area contributed by atoms with Gasteiger partial charge in [-0.05, 0) is 32.6 Å². The second-order valence-electron chi connectivity index (χ2n) is 4.87. The van der Waals surface area contributed by atoms with Crippen LogP contribution in [-0.4, -0.2) is 18.6 Å². The molecule has 1 amide bonds. The van der Waals surface area contributed by atoms with Crippen LogP contribution in [0.3, 0.4) is 0 Å². The van der Waals surface area contributed by atoms with Gasteiger partial charge in [-0.2, -0.15) is 18.4 Å². The van der Waals surface area contributed by atoms with Crippen molar-refractivity contribution in [3.05, 3.63) is 0 Å². The second-order valence-corrected chi connectivity index (χ2v) is 4.87. The number of hydrogen-bond donors (Lipinski definition) is 1. The first-order valence-electron chi connectivity index (χ1n) is 6.08. The maximum absolute atomic E-state index is 12.4. The van der Waals surface area contributed by atoms with E-state index in [2.05, 4.69) is 5.32 Å². The summed E-state index contributed by atoms with van der Waals surface area (Å²) in [5.74, 6) is -2.10. The van der Waals surface area contributed by atoms with Crippen molar-refractivity contribution in [2.45, 2.75) is 38.8 Å². The molecule has 1 aliphatic carbocycles. The molecule has 0 bridgehead atoms. The van der Waals surface area contributed by atoms with E-state index in [4.69, 9.17) is 5.26 Å². The Labute approximate surface area is 104 Å². The minimum atomic E-state index is -4.14. The summed E-state index contributed by atoms with van der Waals surface area (Å²) < 4.78 is 37.3. The fourth-order valence-electron chi connectivity index (χ4n) is 2.13. The zero-order chi connectivity index (χ0) is 13.8. The summed E-state index contributed by atoms with van der Waals surface area (Å²) in [5.41, 5.74) is 0. The maximum atomic E-state index is 12.4. The topological polar surface area (TPSA) is 52.9 Å². The Kier molecular flexibility index (Phi) is 5.00. The molecule has 0 spiro atoms. The number of nitriles is 1. The Bertz CT molecular complexity index is 327. The third kappa shape index (κ3) is 4.21. The smallest absolute Gasteiger partial charge is 0.355 e. The second kappa shape index (κ2) is 6.07. The first kappa shape index (κ1) is 14.8. The quantitative estimate of drug-likeness (QED) is 0.850. The Morgan fingerprint density at radius 3 is 2.39 bits per heavy atom. The van der Waals surface area contributed by atoms with Crippen LogP contribution in [-0.2, 0) is 4.79 Å². The van der Waals surface area contributed by atoms with Crippen LogP contribution < -0.4 is 5.32 Å². The van der Waals surface area contributed by atoms with Gasteiger partial charge in [-0.15, -0.1) is 0 Å². The summed E-state index contributed by atoms with van der Waals surface area (Å²) in [6.07, 6.45) is -3.55. The zero-order valence-corrected chi connectivity index (χ0v) is 10.3. The lowest BCUT2D eigenvalue weighted by Crippen LogP contribution is -2.37. The van der Waals surface area contributed by atoms with Crippen LogP contribution in [0.2, 0.25) is 0 Å². The number of nitrogens with zero attached hydrogens (tertiary/aromatic N) is 1. The van der Waals surface area contributed by atoms with Gasteiger partial charge in [0, 0.05) is 12.5 Å². The molecule has 0 radical (unpaired) electrons. The molecular weight excluding hydrogens is 245 g/mol. The van der Waals surface area contributed by atoms with Crippen molar-refractivity contribution in [3.63, 3.8) is 0 Å². The monoisotopic (exact) mass is 262 g/mol. The first-order chi connectivity index (χ1) is 8.34. The van der Waals surface area contributed by atoms with Crippen LogP contribution in [0.25, 0.3) is 0 Å². The van der Waals surface area contributed by atoms with Gasteiger partial charge in [0.1, 0.15) is 0 Å². The molecule has 1 saturated carbocycles. The highest BCUT2D eigenvalue weighted by atomic mass is 19.4. The van der Waals surface area contributed by atoms with Crippen molar-refractivity contribution in [1.29, 1.82) is 5.26 Å². The van der Waals surface area contributed by atoms with Gasteiger partial charge in [0.25, 0.3) is 0 Å². The number of amides is 1. The molecular formula is C12H17F3N2O. The molecule has 1 N–H and O–H groups in total. The van der Waals surface area contributed by atoms with Gasteiger partial charge in [0.05, 0.1) is 17.9 Å². The van der Waals surface area contributed by atoms with E-state index in [0.29, 0.717) is 0 Å². The molecule has 0 aromatic heterocycles. The lowest BCUT2D eigenvalue weighted by Gasteiger charge is -2.29. The van der Waals surface area contributed by atoms with Gasteiger partial charge < -0.3 is 5.32 Å². The molecule has 0 saturated heterocycles. The van der Waals surface area contributed by atoms with Gasteiger partial charge in [0.15, 0.2) is 0 Å². The molecule has 3 nitrogen and oxygen atoms in total. The highest BCUT2D eigenvalue weighted by Gasteiger charge is 2.42. The summed E-state index contributed by atoms with van der Waals surface area (Å²) in [6, 6.07) is 1.99. The average molecular weight is 262 g/mol. The van der Waals surface area contributed by atoms with Crippen molar-refractivity contribution in [2.24, 2.45) is 17.8 Å². The molecule has 0 aliphatic heterocycles. The molecule has 1 fully saturated rings. The van der Waals surface area contributed by atoms with E-state index in [1.807, 2.05) is 6.07 Å². The SMILES string of the molecule is CC(C#N)CNC(=O)C1CCC(C(F)(F)F)CC1. The minimum absolute atomic E-state index is 0.0232. The number of rotatable bonds is 3. The van der Waals surface area contributed by atoms with E-state index < -0.39 is 12.1 Å². The summed E-state index contributed by atoms with van der Waals surface area (Å²) in [7, 11) is 0. The van der Waals surface area contributed by atoms with E-state index >= 15 is 0 Å². The van der Waals surface area contributed by atoms with Crippen molar-refractivity contribution < 1.29 is 18.0 Å². The molecule has 1 rings (SSSR count). The van der Waals surface area contributed by atoms with Gasteiger partial charge in [-0.25, -0.2) is 0 Å². The number of carbonyl (C=O) groups is 1. The lowest BCUT2D eigenvalue weighted by atomic mass is 9.81. The van der Waals surface area contributed by atoms with Gasteiger partial charge >= 0.3 is 6.18 Å². The summed E-state index contributed by atoms with van der Waals surface area (Å²) in [5, 5.41) is 11.2. The third-order valence-corrected chi connectivity index (χ3v) is 3.36. The largest absolute Gasteiger partial charge is 0.391 e. The molecule has 6 heteroatoms. The molecule has 1 aliphatic rings. The standard InChI is InChI=1S/C12H17F3N2O/c1-8(6-16)7-17-11(18)9-2-4-10(5-3-9)12(13,14)15/h8-10H,2-5,7H2,1H3,(H,17,18). The maximum Gasteiger partial charge on any atom is 0.391 e. The first-order valence-corrected chi connectivity index (χ1v) is 6.08. The molecule has 0 aromatic carbocycles. The summed E-state index contributed by atoms with van der Waals surface area (Å²) in [4.78, 5) is 11.7. The van der Waals surface area contributed by atoms with E-state index in [9.17, 15) is 18.0 Å². The summed E-state index contributed by atoms with van der Waals surface area (Å²) in [6.45, 7) is 1.94. The van der Waals surface area contributed by atoms with Crippen LogP contribution in [0.15, 0.2) is 0 Å². The van der Waals surface area contributed by atoms with Crippen LogP contribution >= 0.6 is 0 Å². The molecule has 18 heavy (non-hydrogen) atoms. The van der Waals surface area contributed by atoms with E-state index in [1.54, 1.807) is 6.92 Å². The van der Waals surface area contributed by atoms with Crippen LogP contribution in [0.1, 0.15) is 32.6 Å². The third-order valence-electron chi connectivity index (χ3n) is 3.36. The molecule has 0 heterocycles. The van der Waals surface area contributed by atoms with Gasteiger partial charge in [-0.3, -0.25) is 4.79 Å². The number of alkyl halides is 3. The Hall–Kier alpha value is -1.25. The Morgan fingerprint density at radius 1 is 1.39 bits per heavy atom. The zero-order valence-electron chi connectivity index (χ0n) is 10.3. The van der Waals surface area contributed by atoms with Crippen LogP contribution in [0.5, 0.6) is 0 Å². The molecule has 0 aromatic rings. The van der Waals surface area contributed by atoms with Crippen molar-refractivity contribution in [1.82, 2.24) is 5.32 Å². The van der Waals surface area contributed by atoms with Gasteiger partial charge in [0.2, 0.25) is 5.91 Å². The summed E-state index contributed by atoms with van der Waals surface area (Å²) >= 11 is 0. The highest BCUT2D eigenvalue weighted by Crippen LogP contribution is 2.39. The van der Waals surface area contributed by atoms with E-state index in [1.165, 1.54) is 0 Å². The fourth-order valence-corrected chi connectivity index (χ4v) is 2.13. The fraction of sp³-hybridized carbons (Fsp3) is 0.833. The average Bonchev–Trinajstić information content (AvgIpc) is 2.34. The van der Waals surface area contributed by atoms with Crippen molar-refractivity contribution in [2.75, 3.05) is 6.54 Å². The highest BCUT2D eigenvalue weighted by molar-refractivity contribution is 5.78. The normalized spacial score (nSPS) is 26.2. The van der Waals surface area contributed by atoms with Gasteiger partial charge in [-0.1, -0.05) is 0 Å². The van der Waals surface area contributed by atoms with Crippen LogP contribution in [0.4, 0.5) is 13.2 Å². The lowest BCUT2D eigenvalue weighted by molar-refractivity contribution is -0.184. The molecule has 102 valence electrons. The predicted octanol–water partition coefficient (Wildman–Crippen LogP) is 2.63. The van der Waals surface area contributed by atoms with Crippen LogP contribution in [0, 0.1) is 29.1 Å². The number of carbonyl (C=O) groups excluding carboxylic acids is 1. The Morgan fingerprint density at radius 2 is 1.94 bits per heavy atom. The number of nitrogens with one attached hydrogen (secondary N) is 1. The minimum Gasteiger partial charge on any atom is -0.355 e. The van der Waals surface area contributed by atoms with E-state index in [-0.39, 0.29) is 50.0 Å². The van der Waals surface area contributed by atoms with Crippen molar-refractivity contribution >= 4 is 5.91 Å². The van der Waals surface area contributed by atoms with Crippen molar-refractivity contribution in [3.8, 4) is 6.07 Å².